The second-order valence-electron chi connectivity index (χ2n) is 8.98. The van der Waals surface area contributed by atoms with Gasteiger partial charge in [0, 0.05) is 50.7 Å². The minimum atomic E-state index is 0.128. The van der Waals surface area contributed by atoms with Crippen LogP contribution in [0, 0.1) is 5.92 Å². The summed E-state index contributed by atoms with van der Waals surface area (Å²) in [4.78, 5) is 20.2. The summed E-state index contributed by atoms with van der Waals surface area (Å²) in [5.74, 6) is 1.51. The van der Waals surface area contributed by atoms with Crippen LogP contribution < -0.4 is 4.74 Å². The van der Waals surface area contributed by atoms with Crippen LogP contribution in [0.2, 0.25) is 0 Å². The largest absolute Gasteiger partial charge is 0.491 e. The monoisotopic (exact) mass is 385 g/mol. The standard InChI is InChI=1S/C23H35N3O2/c1-18-17-28-22-9-8-19(15-25-12-10-24(2)11-13-25)14-21(22)16-26(18)23(27)20-6-4-3-5-7-20/h8-9,14,18,20H,3-7,10-13,15-17H2,1-2H3/t18-/m0/s1. The zero-order valence-electron chi connectivity index (χ0n) is 17.5. The Morgan fingerprint density at radius 2 is 1.86 bits per heavy atom. The molecule has 1 atom stereocenters. The number of rotatable bonds is 3. The number of nitrogens with zero attached hydrogens (tertiary/aromatic N) is 3. The Morgan fingerprint density at radius 3 is 2.61 bits per heavy atom. The summed E-state index contributed by atoms with van der Waals surface area (Å²) in [7, 11) is 2.19. The second-order valence-corrected chi connectivity index (χ2v) is 8.98. The molecule has 4 rings (SSSR count). The van der Waals surface area contributed by atoms with E-state index in [0.29, 0.717) is 19.1 Å². The molecule has 5 heteroatoms. The molecule has 1 saturated carbocycles. The summed E-state index contributed by atoms with van der Waals surface area (Å²) in [5.41, 5.74) is 2.49. The maximum absolute atomic E-state index is 13.2. The summed E-state index contributed by atoms with van der Waals surface area (Å²) in [6.45, 7) is 8.88. The fraction of sp³-hybridized carbons (Fsp3) is 0.696. The highest BCUT2D eigenvalue weighted by atomic mass is 16.5. The molecule has 1 aromatic carbocycles. The lowest BCUT2D eigenvalue weighted by molar-refractivity contribution is -0.139. The minimum Gasteiger partial charge on any atom is -0.491 e. The first kappa shape index (κ1) is 19.7. The van der Waals surface area contributed by atoms with Gasteiger partial charge in [-0.15, -0.1) is 0 Å². The van der Waals surface area contributed by atoms with Gasteiger partial charge in [-0.05, 0) is 44.5 Å². The summed E-state index contributed by atoms with van der Waals surface area (Å²) in [6, 6.07) is 6.71. The van der Waals surface area contributed by atoms with Crippen LogP contribution in [0.4, 0.5) is 0 Å². The quantitative estimate of drug-likeness (QED) is 0.801. The molecule has 3 aliphatic rings. The average Bonchev–Trinajstić information content (AvgIpc) is 2.88. The molecule has 1 saturated heterocycles. The molecule has 0 N–H and O–H groups in total. The van der Waals surface area contributed by atoms with Crippen molar-refractivity contribution in [2.24, 2.45) is 5.92 Å². The van der Waals surface area contributed by atoms with Crippen molar-refractivity contribution in [3.05, 3.63) is 29.3 Å². The number of amides is 1. The normalized spacial score (nSPS) is 25.1. The Kier molecular flexibility index (Phi) is 6.22. The van der Waals surface area contributed by atoms with E-state index in [4.69, 9.17) is 4.74 Å². The maximum Gasteiger partial charge on any atom is 0.226 e. The number of likely N-dealkylation sites (N-methyl/N-ethyl adjacent to an activating group) is 1. The number of ether oxygens (including phenoxy) is 1. The fourth-order valence-electron chi connectivity index (χ4n) is 4.78. The molecule has 0 bridgehead atoms. The molecule has 2 heterocycles. The smallest absolute Gasteiger partial charge is 0.226 e. The molecule has 0 spiro atoms. The molecule has 154 valence electrons. The van der Waals surface area contributed by atoms with E-state index in [1.54, 1.807) is 0 Å². The highest BCUT2D eigenvalue weighted by Crippen LogP contribution is 2.31. The van der Waals surface area contributed by atoms with Crippen molar-refractivity contribution in [1.29, 1.82) is 0 Å². The van der Waals surface area contributed by atoms with Gasteiger partial charge >= 0.3 is 0 Å². The van der Waals surface area contributed by atoms with Crippen LogP contribution in [0.1, 0.15) is 50.2 Å². The topological polar surface area (TPSA) is 36.0 Å². The molecular weight excluding hydrogens is 350 g/mol. The molecule has 1 amide bonds. The van der Waals surface area contributed by atoms with Crippen LogP contribution in [0.25, 0.3) is 0 Å². The molecule has 28 heavy (non-hydrogen) atoms. The molecule has 5 nitrogen and oxygen atoms in total. The van der Waals surface area contributed by atoms with E-state index in [1.165, 1.54) is 30.4 Å². The van der Waals surface area contributed by atoms with Gasteiger partial charge in [-0.1, -0.05) is 25.3 Å². The van der Waals surface area contributed by atoms with E-state index >= 15 is 0 Å². The Labute approximate surface area is 169 Å². The van der Waals surface area contributed by atoms with Gasteiger partial charge in [0.25, 0.3) is 0 Å². The number of hydrogen-bond acceptors (Lipinski definition) is 4. The van der Waals surface area contributed by atoms with Gasteiger partial charge in [0.15, 0.2) is 0 Å². The molecule has 0 unspecified atom stereocenters. The number of carbonyl (C=O) groups excluding carboxylic acids is 1. The summed E-state index contributed by atoms with van der Waals surface area (Å²) >= 11 is 0. The number of carbonyl (C=O) groups is 1. The molecule has 1 aliphatic carbocycles. The Balaban J connectivity index is 1.47. The highest BCUT2D eigenvalue weighted by molar-refractivity contribution is 5.79. The van der Waals surface area contributed by atoms with Gasteiger partial charge < -0.3 is 14.5 Å². The fourth-order valence-corrected chi connectivity index (χ4v) is 4.78. The zero-order valence-corrected chi connectivity index (χ0v) is 17.5. The number of benzene rings is 1. The summed E-state index contributed by atoms with van der Waals surface area (Å²) in [5, 5.41) is 0. The summed E-state index contributed by atoms with van der Waals surface area (Å²) < 4.78 is 6.07. The molecule has 0 radical (unpaired) electrons. The van der Waals surface area contributed by atoms with Gasteiger partial charge in [0.2, 0.25) is 5.91 Å². The predicted octanol–water partition coefficient (Wildman–Crippen LogP) is 3.12. The van der Waals surface area contributed by atoms with Crippen LogP contribution in [0.3, 0.4) is 0 Å². The molecule has 2 fully saturated rings. The Bertz CT molecular complexity index is 678. The molecule has 1 aromatic rings. The van der Waals surface area contributed by atoms with E-state index in [0.717, 1.165) is 51.3 Å². The molecular formula is C23H35N3O2. The van der Waals surface area contributed by atoms with E-state index in [1.807, 2.05) is 0 Å². The van der Waals surface area contributed by atoms with Crippen molar-refractivity contribution in [2.75, 3.05) is 39.8 Å². The third kappa shape index (κ3) is 4.52. The van der Waals surface area contributed by atoms with Crippen LogP contribution in [-0.2, 0) is 17.9 Å². The van der Waals surface area contributed by atoms with Gasteiger partial charge in [-0.2, -0.15) is 0 Å². The Hall–Kier alpha value is -1.59. The van der Waals surface area contributed by atoms with Gasteiger partial charge in [0.1, 0.15) is 12.4 Å². The third-order valence-corrected chi connectivity index (χ3v) is 6.72. The van der Waals surface area contributed by atoms with Gasteiger partial charge in [-0.3, -0.25) is 9.69 Å². The van der Waals surface area contributed by atoms with Crippen LogP contribution >= 0.6 is 0 Å². The SMILES string of the molecule is C[C@H]1COc2ccc(CN3CCN(C)CC3)cc2CN1C(=O)C1CCCCC1. The number of piperazine rings is 1. The van der Waals surface area contributed by atoms with Crippen LogP contribution in [0.15, 0.2) is 18.2 Å². The first-order valence-corrected chi connectivity index (χ1v) is 11.1. The minimum absolute atomic E-state index is 0.128. The second kappa shape index (κ2) is 8.83. The highest BCUT2D eigenvalue weighted by Gasteiger charge is 2.31. The lowest BCUT2D eigenvalue weighted by Gasteiger charge is -2.33. The zero-order chi connectivity index (χ0) is 19.5. The molecule has 2 aliphatic heterocycles. The van der Waals surface area contributed by atoms with Crippen LogP contribution in [-0.4, -0.2) is 66.5 Å². The van der Waals surface area contributed by atoms with E-state index < -0.39 is 0 Å². The first-order chi connectivity index (χ1) is 13.6. The maximum atomic E-state index is 13.2. The van der Waals surface area contributed by atoms with E-state index in [-0.39, 0.29) is 12.0 Å². The molecule has 0 aromatic heterocycles. The number of fused-ring (bicyclic) bond motifs is 1. The van der Waals surface area contributed by atoms with Crippen molar-refractivity contribution in [1.82, 2.24) is 14.7 Å². The summed E-state index contributed by atoms with van der Waals surface area (Å²) in [6.07, 6.45) is 5.78. The van der Waals surface area contributed by atoms with Crippen molar-refractivity contribution >= 4 is 5.91 Å². The lowest BCUT2D eigenvalue weighted by atomic mass is 9.88. The van der Waals surface area contributed by atoms with Crippen LogP contribution in [0.5, 0.6) is 5.75 Å². The van der Waals surface area contributed by atoms with Crippen molar-refractivity contribution in [2.45, 2.75) is 58.2 Å². The van der Waals surface area contributed by atoms with Crippen molar-refractivity contribution in [3.8, 4) is 5.75 Å². The predicted molar refractivity (Wildman–Crippen MR) is 111 cm³/mol. The van der Waals surface area contributed by atoms with Gasteiger partial charge in [0.05, 0.1) is 6.04 Å². The lowest BCUT2D eigenvalue weighted by Crippen LogP contribution is -2.44. The first-order valence-electron chi connectivity index (χ1n) is 11.1. The third-order valence-electron chi connectivity index (χ3n) is 6.72. The number of hydrogen-bond donors (Lipinski definition) is 0. The van der Waals surface area contributed by atoms with E-state index in [2.05, 4.69) is 46.9 Å². The van der Waals surface area contributed by atoms with Crippen molar-refractivity contribution < 1.29 is 9.53 Å². The van der Waals surface area contributed by atoms with Crippen molar-refractivity contribution in [3.63, 3.8) is 0 Å². The Morgan fingerprint density at radius 1 is 1.11 bits per heavy atom. The van der Waals surface area contributed by atoms with E-state index in [9.17, 15) is 4.79 Å². The average molecular weight is 386 g/mol. The van der Waals surface area contributed by atoms with Gasteiger partial charge in [-0.25, -0.2) is 0 Å².